The zero-order chi connectivity index (χ0) is 7.94. The van der Waals surface area contributed by atoms with Crippen LogP contribution in [0.1, 0.15) is 0 Å². The van der Waals surface area contributed by atoms with Gasteiger partial charge >= 0.3 is 0 Å². The van der Waals surface area contributed by atoms with Crippen LogP contribution < -0.4 is 4.74 Å². The van der Waals surface area contributed by atoms with Crippen molar-refractivity contribution >= 4 is 0 Å². The fourth-order valence-corrected chi connectivity index (χ4v) is 0.697. The van der Waals surface area contributed by atoms with E-state index < -0.39 is 0 Å². The fourth-order valence-electron chi connectivity index (χ4n) is 0.697. The van der Waals surface area contributed by atoms with Crippen molar-refractivity contribution in [3.8, 4) is 5.75 Å². The van der Waals surface area contributed by atoms with Crippen molar-refractivity contribution in [1.29, 1.82) is 0 Å². The van der Waals surface area contributed by atoms with Crippen molar-refractivity contribution in [3.05, 3.63) is 42.7 Å². The lowest BCUT2D eigenvalue weighted by Gasteiger charge is -2.00. The first-order chi connectivity index (χ1) is 5.43. The molecule has 0 atom stereocenters. The van der Waals surface area contributed by atoms with E-state index >= 15 is 0 Å². The number of benzene rings is 1. The maximum atomic E-state index is 11.4. The second-order valence-corrected chi connectivity index (χ2v) is 1.99. The average Bonchev–Trinajstić information content (AvgIpc) is 2.07. The van der Waals surface area contributed by atoms with Crippen LogP contribution in [-0.4, -0.2) is 6.61 Å². The number of rotatable bonds is 3. The normalized spacial score (nSPS) is 10.3. The second-order valence-electron chi connectivity index (χ2n) is 1.99. The van der Waals surface area contributed by atoms with Crippen molar-refractivity contribution < 1.29 is 9.13 Å². The summed E-state index contributed by atoms with van der Waals surface area (Å²) in [6.07, 6.45) is 1.79. The first kappa shape index (κ1) is 7.79. The molecule has 1 nitrogen and oxygen atoms in total. The Bertz CT molecular complexity index is 218. The topological polar surface area (TPSA) is 9.23 Å². The molecule has 1 aromatic carbocycles. The van der Waals surface area contributed by atoms with Crippen LogP contribution in [-0.2, 0) is 0 Å². The molecule has 58 valence electrons. The molecule has 1 aromatic rings. The van der Waals surface area contributed by atoms with Gasteiger partial charge in [0.2, 0.25) is 0 Å². The van der Waals surface area contributed by atoms with E-state index in [9.17, 15) is 4.39 Å². The Morgan fingerprint density at radius 2 is 2.00 bits per heavy atom. The number of hydrogen-bond acceptors (Lipinski definition) is 1. The summed E-state index contributed by atoms with van der Waals surface area (Å²) in [5, 5.41) is 0. The first-order valence-electron chi connectivity index (χ1n) is 3.36. The molecule has 0 aliphatic heterocycles. The number of hydrogen-bond donors (Lipinski definition) is 0. The van der Waals surface area contributed by atoms with Gasteiger partial charge in [-0.05, 0) is 18.2 Å². The molecule has 1 rings (SSSR count). The van der Waals surface area contributed by atoms with E-state index in [-0.39, 0.29) is 6.61 Å². The SMILES string of the molecule is FC=CCOc1ccccc1. The lowest BCUT2D eigenvalue weighted by Crippen LogP contribution is -1.91. The molecule has 0 aromatic heterocycles. The van der Waals surface area contributed by atoms with Gasteiger partial charge in [-0.25, -0.2) is 4.39 Å². The standard InChI is InChI=1S/C9H9FO/c10-7-4-8-11-9-5-2-1-3-6-9/h1-7H,8H2. The van der Waals surface area contributed by atoms with Crippen molar-refractivity contribution in [3.63, 3.8) is 0 Å². The quantitative estimate of drug-likeness (QED) is 0.646. The molecule has 0 heterocycles. The molecule has 0 bridgehead atoms. The molecule has 0 N–H and O–H groups in total. The molecule has 0 fully saturated rings. The minimum atomic E-state index is 0.278. The fraction of sp³-hybridized carbons (Fsp3) is 0.111. The molecule has 11 heavy (non-hydrogen) atoms. The van der Waals surface area contributed by atoms with E-state index in [0.717, 1.165) is 5.75 Å². The highest BCUT2D eigenvalue weighted by Gasteiger charge is 1.85. The van der Waals surface area contributed by atoms with E-state index in [1.807, 2.05) is 30.3 Å². The van der Waals surface area contributed by atoms with Crippen LogP contribution in [0.2, 0.25) is 0 Å². The highest BCUT2D eigenvalue weighted by Crippen LogP contribution is 2.07. The van der Waals surface area contributed by atoms with Crippen LogP contribution in [0.5, 0.6) is 5.75 Å². The summed E-state index contributed by atoms with van der Waals surface area (Å²) < 4.78 is 16.6. The molecule has 0 aliphatic carbocycles. The lowest BCUT2D eigenvalue weighted by molar-refractivity contribution is 0.361. The molecular weight excluding hydrogens is 143 g/mol. The third-order valence-corrected chi connectivity index (χ3v) is 1.18. The van der Waals surface area contributed by atoms with Gasteiger partial charge in [-0.1, -0.05) is 18.2 Å². The lowest BCUT2D eigenvalue weighted by atomic mass is 10.3. The van der Waals surface area contributed by atoms with Gasteiger partial charge in [-0.3, -0.25) is 0 Å². The van der Waals surface area contributed by atoms with Crippen LogP contribution >= 0.6 is 0 Å². The van der Waals surface area contributed by atoms with Gasteiger partial charge in [-0.15, -0.1) is 0 Å². The molecule has 2 heteroatoms. The van der Waals surface area contributed by atoms with Gasteiger partial charge in [0, 0.05) is 0 Å². The van der Waals surface area contributed by atoms with Crippen LogP contribution in [0.25, 0.3) is 0 Å². The molecule has 0 radical (unpaired) electrons. The maximum absolute atomic E-state index is 11.4. The molecular formula is C9H9FO. The second kappa shape index (κ2) is 4.50. The maximum Gasteiger partial charge on any atom is 0.119 e. The van der Waals surface area contributed by atoms with E-state index in [1.54, 1.807) is 0 Å². The van der Waals surface area contributed by atoms with Gasteiger partial charge in [-0.2, -0.15) is 0 Å². The highest BCUT2D eigenvalue weighted by atomic mass is 19.1. The van der Waals surface area contributed by atoms with Gasteiger partial charge in [0.1, 0.15) is 12.4 Å². The minimum absolute atomic E-state index is 0.278. The number of halogens is 1. The van der Waals surface area contributed by atoms with E-state index in [1.165, 1.54) is 6.08 Å². The Kier molecular flexibility index (Phi) is 3.19. The van der Waals surface area contributed by atoms with Gasteiger partial charge < -0.3 is 4.74 Å². The van der Waals surface area contributed by atoms with Crippen LogP contribution in [0, 0.1) is 0 Å². The Labute approximate surface area is 65.1 Å². The highest BCUT2D eigenvalue weighted by molar-refractivity contribution is 5.21. The van der Waals surface area contributed by atoms with Gasteiger partial charge in [0.05, 0.1) is 6.33 Å². The predicted octanol–water partition coefficient (Wildman–Crippen LogP) is 2.55. The largest absolute Gasteiger partial charge is 0.489 e. The summed E-state index contributed by atoms with van der Waals surface area (Å²) in [6.45, 7) is 0.278. The zero-order valence-corrected chi connectivity index (χ0v) is 6.03. The predicted molar refractivity (Wildman–Crippen MR) is 42.2 cm³/mol. The van der Waals surface area contributed by atoms with Crippen LogP contribution in [0.3, 0.4) is 0 Å². The number of ether oxygens (including phenoxy) is 1. The minimum Gasteiger partial charge on any atom is -0.489 e. The summed E-state index contributed by atoms with van der Waals surface area (Å²) in [6, 6.07) is 9.29. The van der Waals surface area contributed by atoms with E-state index in [4.69, 9.17) is 4.74 Å². The third-order valence-electron chi connectivity index (χ3n) is 1.18. The number of para-hydroxylation sites is 1. The van der Waals surface area contributed by atoms with Crippen LogP contribution in [0.4, 0.5) is 4.39 Å². The zero-order valence-electron chi connectivity index (χ0n) is 6.03. The summed E-state index contributed by atoms with van der Waals surface area (Å²) in [7, 11) is 0. The molecule has 0 spiro atoms. The summed E-state index contributed by atoms with van der Waals surface area (Å²) in [5.74, 6) is 0.755. The molecule has 0 aliphatic rings. The van der Waals surface area contributed by atoms with Gasteiger partial charge in [0.15, 0.2) is 0 Å². The Hall–Kier alpha value is -1.31. The molecule has 0 saturated heterocycles. The monoisotopic (exact) mass is 152 g/mol. The summed E-state index contributed by atoms with van der Waals surface area (Å²) in [4.78, 5) is 0. The summed E-state index contributed by atoms with van der Waals surface area (Å²) >= 11 is 0. The van der Waals surface area contributed by atoms with Crippen molar-refractivity contribution in [2.45, 2.75) is 0 Å². The molecule has 0 amide bonds. The third kappa shape index (κ3) is 2.85. The Morgan fingerprint density at radius 1 is 1.27 bits per heavy atom. The van der Waals surface area contributed by atoms with Crippen LogP contribution in [0.15, 0.2) is 42.7 Å². The van der Waals surface area contributed by atoms with Crippen molar-refractivity contribution in [2.75, 3.05) is 6.61 Å². The van der Waals surface area contributed by atoms with E-state index in [2.05, 4.69) is 0 Å². The Morgan fingerprint density at radius 3 is 2.64 bits per heavy atom. The smallest absolute Gasteiger partial charge is 0.119 e. The summed E-state index contributed by atoms with van der Waals surface area (Å²) in [5.41, 5.74) is 0. The Balaban J connectivity index is 2.39. The first-order valence-corrected chi connectivity index (χ1v) is 3.36. The molecule has 0 saturated carbocycles. The van der Waals surface area contributed by atoms with Crippen molar-refractivity contribution in [2.24, 2.45) is 0 Å². The van der Waals surface area contributed by atoms with Crippen molar-refractivity contribution in [1.82, 2.24) is 0 Å². The van der Waals surface area contributed by atoms with Gasteiger partial charge in [0.25, 0.3) is 0 Å². The molecule has 0 unspecified atom stereocenters. The van der Waals surface area contributed by atoms with E-state index in [0.29, 0.717) is 6.33 Å². The average molecular weight is 152 g/mol.